The molecule has 0 N–H and O–H groups in total. The van der Waals surface area contributed by atoms with Gasteiger partial charge < -0.3 is 4.90 Å². The number of aromatic nitrogens is 2. The van der Waals surface area contributed by atoms with E-state index in [1.165, 1.54) is 0 Å². The van der Waals surface area contributed by atoms with Crippen molar-refractivity contribution in [1.82, 2.24) is 9.61 Å². The van der Waals surface area contributed by atoms with Crippen LogP contribution < -0.4 is 4.90 Å². The van der Waals surface area contributed by atoms with E-state index in [0.29, 0.717) is 0 Å². The van der Waals surface area contributed by atoms with Gasteiger partial charge in [0.2, 0.25) is 0 Å². The van der Waals surface area contributed by atoms with Crippen LogP contribution in [-0.2, 0) is 0 Å². The van der Waals surface area contributed by atoms with Crippen LogP contribution in [0.15, 0.2) is 30.5 Å². The van der Waals surface area contributed by atoms with E-state index in [-0.39, 0.29) is 0 Å². The lowest BCUT2D eigenvalue weighted by atomic mass is 10.4. The van der Waals surface area contributed by atoms with Crippen LogP contribution in [0.4, 0.5) is 5.82 Å². The van der Waals surface area contributed by atoms with Crippen molar-refractivity contribution in [2.75, 3.05) is 18.0 Å². The van der Waals surface area contributed by atoms with Gasteiger partial charge in [0.1, 0.15) is 0 Å². The van der Waals surface area contributed by atoms with Gasteiger partial charge in [-0.3, -0.25) is 0 Å². The Morgan fingerprint density at radius 3 is 2.71 bits per heavy atom. The largest absolute Gasteiger partial charge is 0.356 e. The Bertz CT molecular complexity index is 382. The van der Waals surface area contributed by atoms with Crippen LogP contribution in [0.25, 0.3) is 5.52 Å². The Morgan fingerprint density at radius 2 is 2.07 bits per heavy atom. The van der Waals surface area contributed by atoms with Crippen molar-refractivity contribution in [1.29, 1.82) is 0 Å². The zero-order valence-corrected chi connectivity index (χ0v) is 8.64. The van der Waals surface area contributed by atoms with Gasteiger partial charge in [0, 0.05) is 25.4 Å². The lowest BCUT2D eigenvalue weighted by Crippen LogP contribution is -2.22. The highest BCUT2D eigenvalue weighted by Crippen LogP contribution is 2.14. The summed E-state index contributed by atoms with van der Waals surface area (Å²) in [6.07, 6.45) is 1.97. The number of anilines is 1. The molecule has 0 amide bonds. The van der Waals surface area contributed by atoms with Crippen molar-refractivity contribution in [3.05, 3.63) is 30.5 Å². The maximum Gasteiger partial charge on any atom is 0.151 e. The van der Waals surface area contributed by atoms with Gasteiger partial charge >= 0.3 is 0 Å². The molecule has 0 aliphatic heterocycles. The smallest absolute Gasteiger partial charge is 0.151 e. The van der Waals surface area contributed by atoms with Crippen molar-refractivity contribution in [3.8, 4) is 0 Å². The highest BCUT2D eigenvalue weighted by atomic mass is 15.3. The molecule has 0 atom stereocenters. The minimum Gasteiger partial charge on any atom is -0.356 e. The number of pyridine rings is 1. The Morgan fingerprint density at radius 1 is 1.29 bits per heavy atom. The van der Waals surface area contributed by atoms with Crippen LogP contribution in [0, 0.1) is 0 Å². The molecule has 74 valence electrons. The fourth-order valence-corrected chi connectivity index (χ4v) is 1.63. The molecule has 0 bridgehead atoms. The molecule has 0 aliphatic rings. The average molecular weight is 189 g/mol. The molecule has 14 heavy (non-hydrogen) atoms. The summed E-state index contributed by atoms with van der Waals surface area (Å²) in [4.78, 5) is 2.24. The molecular weight excluding hydrogens is 174 g/mol. The molecule has 0 aliphatic carbocycles. The minimum absolute atomic E-state index is 1.00. The molecule has 2 heterocycles. The van der Waals surface area contributed by atoms with E-state index in [1.54, 1.807) is 0 Å². The van der Waals surface area contributed by atoms with Gasteiger partial charge in [0.05, 0.1) is 5.52 Å². The second kappa shape index (κ2) is 3.70. The van der Waals surface area contributed by atoms with Gasteiger partial charge in [-0.1, -0.05) is 6.07 Å². The van der Waals surface area contributed by atoms with Crippen molar-refractivity contribution < 1.29 is 0 Å². The van der Waals surface area contributed by atoms with Crippen LogP contribution in [0.2, 0.25) is 0 Å². The summed E-state index contributed by atoms with van der Waals surface area (Å²) in [6.45, 7) is 6.29. The van der Waals surface area contributed by atoms with Crippen LogP contribution in [0.5, 0.6) is 0 Å². The number of hydrogen-bond donors (Lipinski definition) is 0. The monoisotopic (exact) mass is 189 g/mol. The number of fused-ring (bicyclic) bond motifs is 1. The average Bonchev–Trinajstić information content (AvgIpc) is 2.63. The highest BCUT2D eigenvalue weighted by molar-refractivity contribution is 5.56. The van der Waals surface area contributed by atoms with Crippen LogP contribution in [0.1, 0.15) is 13.8 Å². The van der Waals surface area contributed by atoms with Crippen LogP contribution in [0.3, 0.4) is 0 Å². The summed E-state index contributed by atoms with van der Waals surface area (Å²) < 4.78 is 1.91. The van der Waals surface area contributed by atoms with Gasteiger partial charge in [-0.2, -0.15) is 5.10 Å². The predicted molar refractivity (Wildman–Crippen MR) is 58.8 cm³/mol. The first kappa shape index (κ1) is 9.06. The van der Waals surface area contributed by atoms with Gasteiger partial charge in [0.25, 0.3) is 0 Å². The maximum atomic E-state index is 4.50. The first-order valence-electron chi connectivity index (χ1n) is 5.04. The Hall–Kier alpha value is -1.51. The molecule has 3 nitrogen and oxygen atoms in total. The van der Waals surface area contributed by atoms with E-state index in [9.17, 15) is 0 Å². The van der Waals surface area contributed by atoms with Gasteiger partial charge in [-0.25, -0.2) is 4.52 Å². The molecule has 0 fully saturated rings. The van der Waals surface area contributed by atoms with E-state index >= 15 is 0 Å². The van der Waals surface area contributed by atoms with Gasteiger partial charge in [0.15, 0.2) is 5.82 Å². The van der Waals surface area contributed by atoms with E-state index in [1.807, 2.05) is 22.8 Å². The third-order valence-electron chi connectivity index (χ3n) is 2.44. The quantitative estimate of drug-likeness (QED) is 0.737. The second-order valence-corrected chi connectivity index (χ2v) is 3.24. The molecule has 0 saturated heterocycles. The summed E-state index contributed by atoms with van der Waals surface area (Å²) in [5.41, 5.74) is 1.15. The lowest BCUT2D eigenvalue weighted by Gasteiger charge is -2.16. The summed E-state index contributed by atoms with van der Waals surface area (Å²) in [7, 11) is 0. The molecule has 0 spiro atoms. The van der Waals surface area contributed by atoms with Crippen LogP contribution in [-0.4, -0.2) is 22.7 Å². The SMILES string of the molecule is CCN(CC)c1cc2ccccn2n1. The Kier molecular flexibility index (Phi) is 2.39. The van der Waals surface area contributed by atoms with Gasteiger partial charge in [-0.05, 0) is 26.0 Å². The molecule has 2 aromatic heterocycles. The molecule has 0 unspecified atom stereocenters. The third-order valence-corrected chi connectivity index (χ3v) is 2.44. The first-order valence-corrected chi connectivity index (χ1v) is 5.04. The van der Waals surface area contributed by atoms with E-state index in [0.717, 1.165) is 24.4 Å². The molecular formula is C11H15N3. The fraction of sp³-hybridized carbons (Fsp3) is 0.364. The summed E-state index contributed by atoms with van der Waals surface area (Å²) in [5, 5.41) is 4.50. The van der Waals surface area contributed by atoms with Crippen molar-refractivity contribution >= 4 is 11.3 Å². The van der Waals surface area contributed by atoms with Crippen LogP contribution >= 0.6 is 0 Å². The molecule has 0 radical (unpaired) electrons. The summed E-state index contributed by atoms with van der Waals surface area (Å²) >= 11 is 0. The summed E-state index contributed by atoms with van der Waals surface area (Å²) in [5.74, 6) is 1.06. The normalized spacial score (nSPS) is 10.7. The third kappa shape index (κ3) is 1.45. The molecule has 2 rings (SSSR count). The second-order valence-electron chi connectivity index (χ2n) is 3.24. The van der Waals surface area contributed by atoms with Crippen molar-refractivity contribution in [2.24, 2.45) is 0 Å². The van der Waals surface area contributed by atoms with E-state index in [2.05, 4.69) is 36.0 Å². The number of hydrogen-bond acceptors (Lipinski definition) is 2. The lowest BCUT2D eigenvalue weighted by molar-refractivity contribution is 0.824. The molecule has 0 aromatic carbocycles. The summed E-state index contributed by atoms with van der Waals surface area (Å²) in [6, 6.07) is 8.21. The number of rotatable bonds is 3. The maximum absolute atomic E-state index is 4.50. The van der Waals surface area contributed by atoms with E-state index < -0.39 is 0 Å². The topological polar surface area (TPSA) is 20.5 Å². The predicted octanol–water partition coefficient (Wildman–Crippen LogP) is 2.18. The number of nitrogens with zero attached hydrogens (tertiary/aromatic N) is 3. The standard InChI is InChI=1S/C11H15N3/c1-3-13(4-2)11-9-10-7-5-6-8-14(10)12-11/h5-9H,3-4H2,1-2H3. The van der Waals surface area contributed by atoms with Gasteiger partial charge in [-0.15, -0.1) is 0 Å². The molecule has 2 aromatic rings. The van der Waals surface area contributed by atoms with Crippen molar-refractivity contribution in [3.63, 3.8) is 0 Å². The fourth-order valence-electron chi connectivity index (χ4n) is 1.63. The first-order chi connectivity index (χ1) is 6.85. The Balaban J connectivity index is 2.43. The zero-order valence-electron chi connectivity index (χ0n) is 8.64. The van der Waals surface area contributed by atoms with E-state index in [4.69, 9.17) is 0 Å². The van der Waals surface area contributed by atoms with Crippen molar-refractivity contribution in [2.45, 2.75) is 13.8 Å². The zero-order chi connectivity index (χ0) is 9.97. The molecule has 0 saturated carbocycles. The Labute approximate surface area is 84.0 Å². The minimum atomic E-state index is 1.00. The highest BCUT2D eigenvalue weighted by Gasteiger charge is 2.05. The molecule has 3 heteroatoms.